The number of halogens is 1. The van der Waals surface area contributed by atoms with Crippen molar-refractivity contribution in [1.29, 1.82) is 0 Å². The van der Waals surface area contributed by atoms with E-state index in [-0.39, 0.29) is 24.7 Å². The van der Waals surface area contributed by atoms with Crippen molar-refractivity contribution < 1.29 is 28.2 Å². The maximum absolute atomic E-state index is 12.9. The summed E-state index contributed by atoms with van der Waals surface area (Å²) in [5.74, 6) is -1.87. The van der Waals surface area contributed by atoms with Crippen molar-refractivity contribution in [3.05, 3.63) is 42.0 Å². The predicted octanol–water partition coefficient (Wildman–Crippen LogP) is 1.63. The van der Waals surface area contributed by atoms with Crippen LogP contribution in [0.2, 0.25) is 0 Å². The number of benzene rings is 1. The van der Waals surface area contributed by atoms with Crippen molar-refractivity contribution in [2.75, 3.05) is 13.7 Å². The van der Waals surface area contributed by atoms with Crippen LogP contribution in [0.4, 0.5) is 4.39 Å². The highest BCUT2D eigenvalue weighted by Gasteiger charge is 2.35. The van der Waals surface area contributed by atoms with Crippen LogP contribution in [0.1, 0.15) is 12.6 Å². The number of oxazole rings is 1. The minimum atomic E-state index is -1.53. The molecular formula is C16H17FN2O5. The number of ether oxygens (including phenoxy) is 1. The number of methoxy groups -OCH3 is 1. The van der Waals surface area contributed by atoms with Crippen molar-refractivity contribution in [2.45, 2.75) is 18.9 Å². The number of rotatable bonds is 7. The Morgan fingerprint density at radius 2 is 2.04 bits per heavy atom. The van der Waals surface area contributed by atoms with Gasteiger partial charge >= 0.3 is 5.97 Å². The van der Waals surface area contributed by atoms with Gasteiger partial charge in [0, 0.05) is 12.7 Å². The number of nitrogens with one attached hydrogen (secondary N) is 1. The molecule has 0 aliphatic carbocycles. The van der Waals surface area contributed by atoms with Gasteiger partial charge in [0.25, 0.3) is 0 Å². The molecule has 2 N–H and O–H groups in total. The summed E-state index contributed by atoms with van der Waals surface area (Å²) in [5, 5.41) is 11.6. The second-order valence-corrected chi connectivity index (χ2v) is 5.45. The smallest absolute Gasteiger partial charge is 0.331 e. The molecule has 2 rings (SSSR count). The van der Waals surface area contributed by atoms with E-state index in [9.17, 15) is 19.1 Å². The Kier molecular flexibility index (Phi) is 5.30. The number of carboxylic acids is 1. The van der Waals surface area contributed by atoms with Gasteiger partial charge in [0.05, 0.1) is 18.7 Å². The zero-order valence-electron chi connectivity index (χ0n) is 13.2. The summed E-state index contributed by atoms with van der Waals surface area (Å²) in [6.45, 7) is 1.18. The van der Waals surface area contributed by atoms with Gasteiger partial charge in [0.1, 0.15) is 12.1 Å². The monoisotopic (exact) mass is 336 g/mol. The molecule has 0 bridgehead atoms. The number of carbonyl (C=O) groups is 2. The van der Waals surface area contributed by atoms with Crippen LogP contribution in [0.5, 0.6) is 0 Å². The molecule has 128 valence electrons. The molecule has 1 atom stereocenters. The van der Waals surface area contributed by atoms with Gasteiger partial charge in [0.15, 0.2) is 5.54 Å². The van der Waals surface area contributed by atoms with Crippen LogP contribution in [-0.4, -0.2) is 41.2 Å². The third kappa shape index (κ3) is 4.17. The summed E-state index contributed by atoms with van der Waals surface area (Å²) >= 11 is 0. The Balaban J connectivity index is 2.05. The molecule has 2 aromatic rings. The lowest BCUT2D eigenvalue weighted by Crippen LogP contribution is -2.55. The van der Waals surface area contributed by atoms with Crippen LogP contribution in [0, 0.1) is 5.82 Å². The average Bonchev–Trinajstić information content (AvgIpc) is 2.96. The maximum Gasteiger partial charge on any atom is 0.331 e. The molecule has 8 heteroatoms. The number of amides is 1. The molecule has 0 aliphatic heterocycles. The third-order valence-corrected chi connectivity index (χ3v) is 3.30. The molecule has 1 heterocycles. The van der Waals surface area contributed by atoms with E-state index in [1.807, 2.05) is 0 Å². The first kappa shape index (κ1) is 17.6. The predicted molar refractivity (Wildman–Crippen MR) is 81.7 cm³/mol. The Morgan fingerprint density at radius 1 is 1.38 bits per heavy atom. The topological polar surface area (TPSA) is 102 Å². The van der Waals surface area contributed by atoms with E-state index in [1.165, 1.54) is 44.6 Å². The molecule has 0 aliphatic rings. The summed E-state index contributed by atoms with van der Waals surface area (Å²) in [6.07, 6.45) is 1.14. The summed E-state index contributed by atoms with van der Waals surface area (Å²) in [4.78, 5) is 27.4. The zero-order chi connectivity index (χ0) is 17.7. The third-order valence-electron chi connectivity index (χ3n) is 3.30. The first-order valence-electron chi connectivity index (χ1n) is 7.08. The van der Waals surface area contributed by atoms with Crippen molar-refractivity contribution in [1.82, 2.24) is 10.3 Å². The average molecular weight is 336 g/mol. The van der Waals surface area contributed by atoms with Gasteiger partial charge < -0.3 is 19.6 Å². The van der Waals surface area contributed by atoms with E-state index >= 15 is 0 Å². The molecule has 1 aromatic carbocycles. The summed E-state index contributed by atoms with van der Waals surface area (Å²) in [6, 6.07) is 5.56. The molecule has 1 amide bonds. The molecule has 0 spiro atoms. The SMILES string of the molecule is COCC(C)(NC(=O)Cc1coc(-c2ccc(F)cc2)n1)C(=O)O. The molecule has 0 saturated carbocycles. The van der Waals surface area contributed by atoms with E-state index in [1.54, 1.807) is 0 Å². The first-order valence-corrected chi connectivity index (χ1v) is 7.08. The van der Waals surface area contributed by atoms with E-state index in [0.717, 1.165) is 0 Å². The number of nitrogens with zero attached hydrogens (tertiary/aromatic N) is 1. The van der Waals surface area contributed by atoms with Crippen LogP contribution in [0.25, 0.3) is 11.5 Å². The Labute approximate surface area is 137 Å². The number of hydrogen-bond acceptors (Lipinski definition) is 5. The van der Waals surface area contributed by atoms with Gasteiger partial charge in [-0.2, -0.15) is 0 Å². The fourth-order valence-electron chi connectivity index (χ4n) is 2.07. The normalized spacial score (nSPS) is 13.3. The molecule has 0 radical (unpaired) electrons. The van der Waals surface area contributed by atoms with E-state index in [2.05, 4.69) is 10.3 Å². The van der Waals surface area contributed by atoms with Crippen LogP contribution >= 0.6 is 0 Å². The van der Waals surface area contributed by atoms with Crippen molar-refractivity contribution in [2.24, 2.45) is 0 Å². The minimum absolute atomic E-state index is 0.155. The number of aliphatic carboxylic acids is 1. The summed E-state index contributed by atoms with van der Waals surface area (Å²) in [5.41, 5.74) is -0.634. The molecule has 1 aromatic heterocycles. The summed E-state index contributed by atoms with van der Waals surface area (Å²) in [7, 11) is 1.35. The van der Waals surface area contributed by atoms with E-state index in [0.29, 0.717) is 11.3 Å². The van der Waals surface area contributed by atoms with Crippen molar-refractivity contribution >= 4 is 11.9 Å². The molecular weight excluding hydrogens is 319 g/mol. The van der Waals surface area contributed by atoms with E-state index in [4.69, 9.17) is 9.15 Å². The first-order chi connectivity index (χ1) is 11.3. The standard InChI is InChI=1S/C16H17FN2O5/c1-16(9-23-2,15(21)22)19-13(20)7-12-8-24-14(18-12)10-3-5-11(17)6-4-10/h3-6,8H,7,9H2,1-2H3,(H,19,20)(H,21,22). The van der Waals surface area contributed by atoms with Gasteiger partial charge in [0.2, 0.25) is 11.8 Å². The Morgan fingerprint density at radius 3 is 2.62 bits per heavy atom. The maximum atomic E-state index is 12.9. The summed E-state index contributed by atoms with van der Waals surface area (Å²) < 4.78 is 23.0. The fourth-order valence-corrected chi connectivity index (χ4v) is 2.07. The number of carboxylic acid groups (broad SMARTS) is 1. The Hall–Kier alpha value is -2.74. The van der Waals surface area contributed by atoms with Crippen molar-refractivity contribution in [3.63, 3.8) is 0 Å². The highest BCUT2D eigenvalue weighted by atomic mass is 19.1. The number of hydrogen-bond donors (Lipinski definition) is 2. The molecule has 0 saturated heterocycles. The number of aromatic nitrogens is 1. The van der Waals surface area contributed by atoms with Gasteiger partial charge in [-0.15, -0.1) is 0 Å². The van der Waals surface area contributed by atoms with Crippen LogP contribution in [0.3, 0.4) is 0 Å². The van der Waals surface area contributed by atoms with Gasteiger partial charge in [-0.1, -0.05) is 0 Å². The van der Waals surface area contributed by atoms with Gasteiger partial charge in [-0.25, -0.2) is 14.2 Å². The van der Waals surface area contributed by atoms with Crippen LogP contribution in [0.15, 0.2) is 34.9 Å². The molecule has 7 nitrogen and oxygen atoms in total. The second kappa shape index (κ2) is 7.22. The van der Waals surface area contributed by atoms with Crippen molar-refractivity contribution in [3.8, 4) is 11.5 Å². The quantitative estimate of drug-likeness (QED) is 0.797. The lowest BCUT2D eigenvalue weighted by atomic mass is 10.0. The van der Waals surface area contributed by atoms with E-state index < -0.39 is 17.4 Å². The zero-order valence-corrected chi connectivity index (χ0v) is 13.2. The molecule has 24 heavy (non-hydrogen) atoms. The highest BCUT2D eigenvalue weighted by Crippen LogP contribution is 2.19. The van der Waals surface area contributed by atoms with Gasteiger partial charge in [-0.05, 0) is 31.2 Å². The largest absolute Gasteiger partial charge is 0.479 e. The fraction of sp³-hybridized carbons (Fsp3) is 0.312. The minimum Gasteiger partial charge on any atom is -0.479 e. The molecule has 0 fully saturated rings. The lowest BCUT2D eigenvalue weighted by molar-refractivity contribution is -0.149. The van der Waals surface area contributed by atoms with Crippen LogP contribution in [-0.2, 0) is 20.7 Å². The van der Waals surface area contributed by atoms with Crippen LogP contribution < -0.4 is 5.32 Å². The highest BCUT2D eigenvalue weighted by molar-refractivity contribution is 5.87. The number of carbonyl (C=O) groups excluding carboxylic acids is 1. The molecule has 1 unspecified atom stereocenters. The second-order valence-electron chi connectivity index (χ2n) is 5.45. The lowest BCUT2D eigenvalue weighted by Gasteiger charge is -2.25. The van der Waals surface area contributed by atoms with Gasteiger partial charge in [-0.3, -0.25) is 4.79 Å². The Bertz CT molecular complexity index is 728.